The molecule has 1 aliphatic rings. The van der Waals surface area contributed by atoms with Crippen molar-refractivity contribution in [1.82, 2.24) is 15.2 Å². The van der Waals surface area contributed by atoms with Crippen LogP contribution in [0.1, 0.15) is 39.8 Å². The molecule has 1 fully saturated rings. The van der Waals surface area contributed by atoms with Gasteiger partial charge in [-0.05, 0) is 34.1 Å². The Bertz CT molecular complexity index is 533. The molecule has 3 amide bonds. The van der Waals surface area contributed by atoms with E-state index in [1.54, 1.807) is 4.90 Å². The number of carbonyl (C=O) groups is 2. The molecule has 6 nitrogen and oxygen atoms in total. The van der Waals surface area contributed by atoms with Crippen molar-refractivity contribution in [3.05, 3.63) is 11.1 Å². The first-order chi connectivity index (χ1) is 10.4. The van der Waals surface area contributed by atoms with Crippen molar-refractivity contribution < 1.29 is 9.59 Å². The summed E-state index contributed by atoms with van der Waals surface area (Å²) in [6.45, 7) is 9.45. The molecule has 7 heteroatoms. The molecule has 1 N–H and O–H groups in total. The SMILES string of the molecule is CC(C)N(C(=O)Cc1csc(N2CCCNC2=O)n1)C(C)C. The molecular formula is C15H24N4O2S. The second kappa shape index (κ2) is 7.09. The quantitative estimate of drug-likeness (QED) is 0.903. The van der Waals surface area contributed by atoms with Crippen LogP contribution in [0.5, 0.6) is 0 Å². The Morgan fingerprint density at radius 1 is 1.41 bits per heavy atom. The zero-order valence-corrected chi connectivity index (χ0v) is 14.4. The van der Waals surface area contributed by atoms with Crippen molar-refractivity contribution >= 4 is 28.4 Å². The van der Waals surface area contributed by atoms with E-state index >= 15 is 0 Å². The first-order valence-electron chi connectivity index (χ1n) is 7.71. The lowest BCUT2D eigenvalue weighted by molar-refractivity contribution is -0.134. The molecule has 0 radical (unpaired) electrons. The second-order valence-corrected chi connectivity index (χ2v) is 6.86. The maximum atomic E-state index is 12.4. The molecule has 2 rings (SSSR count). The highest BCUT2D eigenvalue weighted by atomic mass is 32.1. The van der Waals surface area contributed by atoms with Gasteiger partial charge in [-0.15, -0.1) is 11.3 Å². The fourth-order valence-corrected chi connectivity index (χ4v) is 3.58. The van der Waals surface area contributed by atoms with E-state index in [1.807, 2.05) is 38.0 Å². The van der Waals surface area contributed by atoms with Crippen LogP contribution in [0.4, 0.5) is 9.93 Å². The first-order valence-corrected chi connectivity index (χ1v) is 8.59. The fraction of sp³-hybridized carbons (Fsp3) is 0.667. The van der Waals surface area contributed by atoms with E-state index in [0.29, 0.717) is 18.2 Å². The van der Waals surface area contributed by atoms with Gasteiger partial charge in [0.05, 0.1) is 12.1 Å². The summed E-state index contributed by atoms with van der Waals surface area (Å²) < 4.78 is 0. The number of urea groups is 1. The highest BCUT2D eigenvalue weighted by molar-refractivity contribution is 7.14. The summed E-state index contributed by atoms with van der Waals surface area (Å²) in [5.74, 6) is 0.0740. The lowest BCUT2D eigenvalue weighted by Gasteiger charge is -2.30. The number of hydrogen-bond donors (Lipinski definition) is 1. The summed E-state index contributed by atoms with van der Waals surface area (Å²) in [4.78, 5) is 32.2. The third-order valence-corrected chi connectivity index (χ3v) is 4.50. The van der Waals surface area contributed by atoms with Crippen LogP contribution in [-0.2, 0) is 11.2 Å². The Morgan fingerprint density at radius 2 is 2.09 bits per heavy atom. The van der Waals surface area contributed by atoms with E-state index in [1.165, 1.54) is 11.3 Å². The molecule has 1 aromatic heterocycles. The van der Waals surface area contributed by atoms with Gasteiger partial charge in [0.25, 0.3) is 0 Å². The van der Waals surface area contributed by atoms with E-state index in [-0.39, 0.29) is 30.4 Å². The molecular weight excluding hydrogens is 300 g/mol. The molecule has 0 aromatic carbocycles. The minimum absolute atomic E-state index is 0.0740. The fourth-order valence-electron chi connectivity index (χ4n) is 2.73. The molecule has 0 bridgehead atoms. The molecule has 1 saturated heterocycles. The highest BCUT2D eigenvalue weighted by Gasteiger charge is 2.24. The highest BCUT2D eigenvalue weighted by Crippen LogP contribution is 2.23. The van der Waals surface area contributed by atoms with E-state index in [4.69, 9.17) is 0 Å². The number of nitrogens with zero attached hydrogens (tertiary/aromatic N) is 3. The van der Waals surface area contributed by atoms with Gasteiger partial charge in [-0.2, -0.15) is 0 Å². The smallest absolute Gasteiger partial charge is 0.323 e. The van der Waals surface area contributed by atoms with E-state index in [0.717, 1.165) is 12.1 Å². The molecule has 0 saturated carbocycles. The summed E-state index contributed by atoms with van der Waals surface area (Å²) in [7, 11) is 0. The molecule has 122 valence electrons. The first kappa shape index (κ1) is 16.7. The van der Waals surface area contributed by atoms with Crippen molar-refractivity contribution in [2.45, 2.75) is 52.6 Å². The summed E-state index contributed by atoms with van der Waals surface area (Å²) in [6, 6.07) is 0.224. The van der Waals surface area contributed by atoms with Crippen LogP contribution in [0.25, 0.3) is 0 Å². The molecule has 0 aliphatic carbocycles. The zero-order chi connectivity index (χ0) is 16.3. The maximum absolute atomic E-state index is 12.4. The standard InChI is InChI=1S/C15H24N4O2S/c1-10(2)19(11(3)4)13(20)8-12-9-22-15(17-12)18-7-5-6-16-14(18)21/h9-11H,5-8H2,1-4H3,(H,16,21). The average molecular weight is 324 g/mol. The molecule has 0 atom stereocenters. The summed E-state index contributed by atoms with van der Waals surface area (Å²) in [6.07, 6.45) is 1.19. The monoisotopic (exact) mass is 324 g/mol. The third kappa shape index (κ3) is 3.76. The van der Waals surface area contributed by atoms with Gasteiger partial charge in [-0.25, -0.2) is 9.78 Å². The van der Waals surface area contributed by atoms with Crippen molar-refractivity contribution in [3.63, 3.8) is 0 Å². The van der Waals surface area contributed by atoms with Crippen LogP contribution in [0, 0.1) is 0 Å². The predicted molar refractivity (Wildman–Crippen MR) is 88.3 cm³/mol. The number of aromatic nitrogens is 1. The predicted octanol–water partition coefficient (Wildman–Crippen LogP) is 2.25. The van der Waals surface area contributed by atoms with Gasteiger partial charge in [-0.3, -0.25) is 9.69 Å². The average Bonchev–Trinajstić information content (AvgIpc) is 2.86. The Balaban J connectivity index is 2.05. The van der Waals surface area contributed by atoms with Crippen molar-refractivity contribution in [1.29, 1.82) is 0 Å². The largest absolute Gasteiger partial charge is 0.338 e. The number of thiazole rings is 1. The van der Waals surface area contributed by atoms with E-state index in [2.05, 4.69) is 10.3 Å². The number of nitrogens with one attached hydrogen (secondary N) is 1. The van der Waals surface area contributed by atoms with Crippen molar-refractivity contribution in [2.75, 3.05) is 18.0 Å². The molecule has 2 heterocycles. The Kier molecular flexibility index (Phi) is 5.39. The van der Waals surface area contributed by atoms with Crippen LogP contribution in [0.3, 0.4) is 0 Å². The molecule has 0 spiro atoms. The lowest BCUT2D eigenvalue weighted by atomic mass is 10.2. The van der Waals surface area contributed by atoms with Crippen LogP contribution < -0.4 is 10.2 Å². The Morgan fingerprint density at radius 3 is 2.68 bits per heavy atom. The summed E-state index contributed by atoms with van der Waals surface area (Å²) in [5.41, 5.74) is 0.731. The second-order valence-electron chi connectivity index (χ2n) is 6.02. The molecule has 0 unspecified atom stereocenters. The van der Waals surface area contributed by atoms with Crippen molar-refractivity contribution in [2.24, 2.45) is 0 Å². The Hall–Kier alpha value is -1.63. The summed E-state index contributed by atoms with van der Waals surface area (Å²) in [5, 5.41) is 5.34. The number of carbonyl (C=O) groups excluding carboxylic acids is 2. The molecule has 1 aliphatic heterocycles. The van der Waals surface area contributed by atoms with Gasteiger partial charge in [0, 0.05) is 30.6 Å². The van der Waals surface area contributed by atoms with E-state index in [9.17, 15) is 9.59 Å². The van der Waals surface area contributed by atoms with Crippen LogP contribution in [0.2, 0.25) is 0 Å². The normalized spacial score (nSPS) is 15.4. The van der Waals surface area contributed by atoms with Crippen LogP contribution in [0.15, 0.2) is 5.38 Å². The van der Waals surface area contributed by atoms with Gasteiger partial charge in [0.2, 0.25) is 5.91 Å². The van der Waals surface area contributed by atoms with Crippen LogP contribution in [-0.4, -0.2) is 47.0 Å². The maximum Gasteiger partial charge on any atom is 0.323 e. The molecule has 22 heavy (non-hydrogen) atoms. The number of rotatable bonds is 5. The van der Waals surface area contributed by atoms with Crippen LogP contribution >= 0.6 is 11.3 Å². The number of hydrogen-bond acceptors (Lipinski definition) is 4. The van der Waals surface area contributed by atoms with E-state index < -0.39 is 0 Å². The van der Waals surface area contributed by atoms with Crippen molar-refractivity contribution in [3.8, 4) is 0 Å². The van der Waals surface area contributed by atoms with Gasteiger partial charge < -0.3 is 10.2 Å². The topological polar surface area (TPSA) is 65.5 Å². The van der Waals surface area contributed by atoms with Gasteiger partial charge in [-0.1, -0.05) is 0 Å². The number of anilines is 1. The van der Waals surface area contributed by atoms with Gasteiger partial charge in [0.1, 0.15) is 0 Å². The number of amides is 3. The lowest BCUT2D eigenvalue weighted by Crippen LogP contribution is -2.46. The minimum atomic E-state index is -0.107. The minimum Gasteiger partial charge on any atom is -0.338 e. The Labute approximate surface area is 135 Å². The van der Waals surface area contributed by atoms with Gasteiger partial charge in [0.15, 0.2) is 5.13 Å². The zero-order valence-electron chi connectivity index (χ0n) is 13.6. The van der Waals surface area contributed by atoms with Gasteiger partial charge >= 0.3 is 6.03 Å². The molecule has 1 aromatic rings. The third-order valence-electron chi connectivity index (χ3n) is 3.58. The summed E-state index contributed by atoms with van der Waals surface area (Å²) >= 11 is 1.41.